The van der Waals surface area contributed by atoms with Crippen molar-refractivity contribution in [3.05, 3.63) is 65.2 Å². The fraction of sp³-hybridized carbons (Fsp3) is 0.455. The van der Waals surface area contributed by atoms with Crippen LogP contribution in [-0.4, -0.2) is 35.7 Å². The molecule has 3 nitrogen and oxygen atoms in total. The van der Waals surface area contributed by atoms with E-state index < -0.39 is 0 Å². The van der Waals surface area contributed by atoms with Gasteiger partial charge in [0.1, 0.15) is 0 Å². The monoisotopic (exact) mass is 336 g/mol. The van der Waals surface area contributed by atoms with Crippen molar-refractivity contribution in [3.8, 4) is 0 Å². The average molecular weight is 336 g/mol. The van der Waals surface area contributed by atoms with Crippen LogP contribution in [0.1, 0.15) is 29.5 Å². The first-order chi connectivity index (χ1) is 12.3. The maximum absolute atomic E-state index is 9.32. The number of anilines is 1. The van der Waals surface area contributed by atoms with E-state index in [2.05, 4.69) is 58.7 Å². The van der Waals surface area contributed by atoms with Gasteiger partial charge in [0.2, 0.25) is 0 Å². The van der Waals surface area contributed by atoms with Crippen molar-refractivity contribution in [2.24, 2.45) is 5.92 Å². The highest BCUT2D eigenvalue weighted by atomic mass is 16.3. The van der Waals surface area contributed by atoms with Crippen molar-refractivity contribution in [1.82, 2.24) is 4.90 Å². The molecule has 2 aromatic rings. The Labute approximate surface area is 150 Å². The maximum Gasteiger partial charge on any atom is 0.0460 e. The lowest BCUT2D eigenvalue weighted by Gasteiger charge is -2.31. The number of aliphatic hydroxyl groups is 1. The number of likely N-dealkylation sites (tertiary alicyclic amines) is 1. The summed E-state index contributed by atoms with van der Waals surface area (Å²) in [6.45, 7) is 3.53. The van der Waals surface area contributed by atoms with Crippen molar-refractivity contribution in [2.75, 3.05) is 25.0 Å². The summed E-state index contributed by atoms with van der Waals surface area (Å²) in [6, 6.07) is 18.1. The molecule has 25 heavy (non-hydrogen) atoms. The smallest absolute Gasteiger partial charge is 0.0460 e. The molecule has 1 heterocycles. The van der Waals surface area contributed by atoms with E-state index in [-0.39, 0.29) is 0 Å². The van der Waals surface area contributed by atoms with Gasteiger partial charge in [-0.05, 0) is 67.4 Å². The van der Waals surface area contributed by atoms with Gasteiger partial charge in [0, 0.05) is 24.9 Å². The molecule has 0 aromatic heterocycles. The quantitative estimate of drug-likeness (QED) is 0.878. The number of aliphatic hydroxyl groups excluding tert-OH is 1. The van der Waals surface area contributed by atoms with Gasteiger partial charge < -0.3 is 10.4 Å². The summed E-state index contributed by atoms with van der Waals surface area (Å²) < 4.78 is 0. The maximum atomic E-state index is 9.32. The summed E-state index contributed by atoms with van der Waals surface area (Å²) in [7, 11) is 0. The highest BCUT2D eigenvalue weighted by molar-refractivity contribution is 5.53. The second-order valence-corrected chi connectivity index (χ2v) is 7.58. The Morgan fingerprint density at radius 3 is 2.24 bits per heavy atom. The van der Waals surface area contributed by atoms with E-state index in [4.69, 9.17) is 0 Å². The van der Waals surface area contributed by atoms with E-state index in [1.807, 2.05) is 0 Å². The van der Waals surface area contributed by atoms with Crippen molar-refractivity contribution in [1.29, 1.82) is 0 Å². The molecule has 0 unspecified atom stereocenters. The second-order valence-electron chi connectivity index (χ2n) is 7.58. The Morgan fingerprint density at radius 2 is 1.56 bits per heavy atom. The van der Waals surface area contributed by atoms with Crippen LogP contribution in [0.4, 0.5) is 5.69 Å². The third-order valence-electron chi connectivity index (χ3n) is 5.79. The molecule has 0 radical (unpaired) electrons. The normalized spacial score (nSPS) is 19.1. The van der Waals surface area contributed by atoms with Crippen LogP contribution in [-0.2, 0) is 19.4 Å². The molecule has 2 aromatic carbocycles. The average Bonchev–Trinajstić information content (AvgIpc) is 3.06. The largest absolute Gasteiger partial charge is 0.396 e. The van der Waals surface area contributed by atoms with Gasteiger partial charge in [-0.1, -0.05) is 42.5 Å². The van der Waals surface area contributed by atoms with Crippen LogP contribution < -0.4 is 5.32 Å². The fourth-order valence-electron chi connectivity index (χ4n) is 4.25. The van der Waals surface area contributed by atoms with Gasteiger partial charge in [0.05, 0.1) is 0 Å². The molecule has 3 heteroatoms. The summed E-state index contributed by atoms with van der Waals surface area (Å²) in [5.74, 6) is 0.501. The molecule has 4 rings (SSSR count). The molecule has 1 aliphatic heterocycles. The second kappa shape index (κ2) is 7.59. The van der Waals surface area contributed by atoms with E-state index >= 15 is 0 Å². The summed E-state index contributed by atoms with van der Waals surface area (Å²) in [4.78, 5) is 2.52. The number of nitrogens with zero attached hydrogens (tertiary/aromatic N) is 1. The summed E-state index contributed by atoms with van der Waals surface area (Å²) >= 11 is 0. The number of hydrogen-bond acceptors (Lipinski definition) is 3. The minimum Gasteiger partial charge on any atom is -0.396 e. The van der Waals surface area contributed by atoms with Gasteiger partial charge >= 0.3 is 0 Å². The standard InChI is InChI=1S/C22H28N2O/c25-16-17-9-11-24(12-10-17)15-20-7-3-4-8-22(20)23-21-13-18-5-1-2-6-19(18)14-21/h1-8,17,21,23,25H,9-16H2. The lowest BCUT2D eigenvalue weighted by Crippen LogP contribution is -2.34. The molecule has 132 valence electrons. The topological polar surface area (TPSA) is 35.5 Å². The summed E-state index contributed by atoms with van der Waals surface area (Å²) in [5, 5.41) is 13.1. The zero-order valence-corrected chi connectivity index (χ0v) is 14.8. The molecule has 1 saturated heterocycles. The predicted molar refractivity (Wildman–Crippen MR) is 103 cm³/mol. The Kier molecular flexibility index (Phi) is 5.04. The Hall–Kier alpha value is -1.84. The predicted octanol–water partition coefficient (Wildman–Crippen LogP) is 3.47. The molecular weight excluding hydrogens is 308 g/mol. The van der Waals surface area contributed by atoms with Crippen LogP contribution in [0.5, 0.6) is 0 Å². The third kappa shape index (κ3) is 3.88. The zero-order chi connectivity index (χ0) is 17.1. The van der Waals surface area contributed by atoms with Crippen molar-refractivity contribution in [2.45, 2.75) is 38.3 Å². The zero-order valence-electron chi connectivity index (χ0n) is 14.8. The number of para-hydroxylation sites is 1. The van der Waals surface area contributed by atoms with Crippen LogP contribution in [0.2, 0.25) is 0 Å². The van der Waals surface area contributed by atoms with Crippen molar-refractivity contribution in [3.63, 3.8) is 0 Å². The van der Waals surface area contributed by atoms with Gasteiger partial charge in [0.15, 0.2) is 0 Å². The minimum absolute atomic E-state index is 0.341. The van der Waals surface area contributed by atoms with E-state index in [0.717, 1.165) is 45.3 Å². The van der Waals surface area contributed by atoms with Gasteiger partial charge in [-0.25, -0.2) is 0 Å². The molecule has 2 N–H and O–H groups in total. The molecule has 0 spiro atoms. The Bertz CT molecular complexity index is 682. The van der Waals surface area contributed by atoms with Gasteiger partial charge in [-0.15, -0.1) is 0 Å². The lowest BCUT2D eigenvalue weighted by molar-refractivity contribution is 0.127. The van der Waals surface area contributed by atoms with Crippen LogP contribution in [0.3, 0.4) is 0 Å². The van der Waals surface area contributed by atoms with Crippen LogP contribution in [0, 0.1) is 5.92 Å². The molecule has 0 atom stereocenters. The van der Waals surface area contributed by atoms with E-state index in [0.29, 0.717) is 18.6 Å². The number of hydrogen-bond donors (Lipinski definition) is 2. The number of nitrogens with one attached hydrogen (secondary N) is 1. The minimum atomic E-state index is 0.341. The molecule has 0 amide bonds. The SMILES string of the molecule is OCC1CCN(Cc2ccccc2NC2Cc3ccccc3C2)CC1. The van der Waals surface area contributed by atoms with Gasteiger partial charge in [0.25, 0.3) is 0 Å². The molecule has 0 bridgehead atoms. The van der Waals surface area contributed by atoms with Crippen LogP contribution in [0.25, 0.3) is 0 Å². The van der Waals surface area contributed by atoms with E-state index in [1.54, 1.807) is 0 Å². The summed E-state index contributed by atoms with van der Waals surface area (Å²) in [6.07, 6.45) is 4.47. The van der Waals surface area contributed by atoms with Crippen molar-refractivity contribution >= 4 is 5.69 Å². The highest BCUT2D eigenvalue weighted by Crippen LogP contribution is 2.27. The lowest BCUT2D eigenvalue weighted by atomic mass is 9.97. The number of rotatable bonds is 5. The van der Waals surface area contributed by atoms with Crippen molar-refractivity contribution < 1.29 is 5.11 Å². The molecule has 0 saturated carbocycles. The Morgan fingerprint density at radius 1 is 0.920 bits per heavy atom. The number of fused-ring (bicyclic) bond motifs is 1. The highest BCUT2D eigenvalue weighted by Gasteiger charge is 2.22. The third-order valence-corrected chi connectivity index (χ3v) is 5.79. The fourth-order valence-corrected chi connectivity index (χ4v) is 4.25. The van der Waals surface area contributed by atoms with Gasteiger partial charge in [-0.3, -0.25) is 4.90 Å². The first kappa shape index (κ1) is 16.6. The van der Waals surface area contributed by atoms with Crippen LogP contribution in [0.15, 0.2) is 48.5 Å². The van der Waals surface area contributed by atoms with Gasteiger partial charge in [-0.2, -0.15) is 0 Å². The van der Waals surface area contributed by atoms with E-state index in [1.165, 1.54) is 22.4 Å². The first-order valence-electron chi connectivity index (χ1n) is 9.56. The Balaban J connectivity index is 1.40. The first-order valence-corrected chi connectivity index (χ1v) is 9.56. The number of piperidine rings is 1. The summed E-state index contributed by atoms with van der Waals surface area (Å²) in [5.41, 5.74) is 5.65. The van der Waals surface area contributed by atoms with Crippen LogP contribution >= 0.6 is 0 Å². The molecule has 1 aliphatic carbocycles. The molecular formula is C22H28N2O. The number of benzene rings is 2. The molecule has 1 fully saturated rings. The van der Waals surface area contributed by atoms with E-state index in [9.17, 15) is 5.11 Å². The molecule has 2 aliphatic rings.